The maximum Gasteiger partial charge on any atom is 0.243 e. The average molecular weight is 488 g/mol. The lowest BCUT2D eigenvalue weighted by Gasteiger charge is -2.25. The van der Waals surface area contributed by atoms with Crippen LogP contribution in [0, 0.1) is 5.92 Å². The summed E-state index contributed by atoms with van der Waals surface area (Å²) in [6.45, 7) is 6.88. The number of halogens is 1. The van der Waals surface area contributed by atoms with Crippen molar-refractivity contribution in [2.45, 2.75) is 32.2 Å². The molecule has 152 valence electrons. The van der Waals surface area contributed by atoms with Gasteiger partial charge in [0.15, 0.2) is 5.96 Å². The van der Waals surface area contributed by atoms with E-state index < -0.39 is 0 Å². The Hall–Kier alpha value is -1.35. The first-order chi connectivity index (χ1) is 12.5. The van der Waals surface area contributed by atoms with Gasteiger partial charge in [0.25, 0.3) is 0 Å². The number of hydrogen-bond donors (Lipinski definition) is 2. The summed E-state index contributed by atoms with van der Waals surface area (Å²) in [6, 6.07) is 10.6. The fraction of sp³-hybridized carbons (Fsp3) is 0.600. The van der Waals surface area contributed by atoms with Crippen molar-refractivity contribution in [3.63, 3.8) is 0 Å². The lowest BCUT2D eigenvalue weighted by Crippen LogP contribution is -2.46. The van der Waals surface area contributed by atoms with Crippen molar-refractivity contribution in [3.8, 4) is 0 Å². The summed E-state index contributed by atoms with van der Waals surface area (Å²) >= 11 is 0. The van der Waals surface area contributed by atoms with Gasteiger partial charge in [-0.1, -0.05) is 37.3 Å². The number of benzene rings is 1. The van der Waals surface area contributed by atoms with Crippen molar-refractivity contribution in [2.24, 2.45) is 10.9 Å². The maximum absolute atomic E-state index is 11.9. The lowest BCUT2D eigenvalue weighted by atomic mass is 9.94. The van der Waals surface area contributed by atoms with Gasteiger partial charge in [0.1, 0.15) is 6.54 Å². The van der Waals surface area contributed by atoms with Gasteiger partial charge in [-0.05, 0) is 18.9 Å². The minimum absolute atomic E-state index is 0. The van der Waals surface area contributed by atoms with E-state index in [1.165, 1.54) is 5.56 Å². The third kappa shape index (κ3) is 8.04. The van der Waals surface area contributed by atoms with Crippen LogP contribution in [0.2, 0.25) is 0 Å². The molecule has 0 radical (unpaired) electrons. The molecule has 0 aromatic heterocycles. The van der Waals surface area contributed by atoms with Crippen LogP contribution in [-0.2, 0) is 9.53 Å². The topological polar surface area (TPSA) is 66.0 Å². The molecule has 3 atom stereocenters. The van der Waals surface area contributed by atoms with Crippen LogP contribution >= 0.6 is 24.0 Å². The molecule has 1 aliphatic heterocycles. The number of rotatable bonds is 7. The first-order valence-corrected chi connectivity index (χ1v) is 9.35. The Balaban J connectivity index is 0.00000364. The fourth-order valence-corrected chi connectivity index (χ4v) is 2.81. The minimum Gasteiger partial charge on any atom is -0.381 e. The van der Waals surface area contributed by atoms with Crippen molar-refractivity contribution >= 4 is 35.8 Å². The summed E-state index contributed by atoms with van der Waals surface area (Å²) in [6.07, 6.45) is 1.06. The van der Waals surface area contributed by atoms with Gasteiger partial charge in [0.05, 0.1) is 6.61 Å². The highest BCUT2D eigenvalue weighted by Gasteiger charge is 2.19. The van der Waals surface area contributed by atoms with Crippen LogP contribution in [0.5, 0.6) is 0 Å². The van der Waals surface area contributed by atoms with Gasteiger partial charge in [-0.2, -0.15) is 0 Å². The van der Waals surface area contributed by atoms with Crippen molar-refractivity contribution in [1.82, 2.24) is 15.5 Å². The normalized spacial score (nSPS) is 19.0. The van der Waals surface area contributed by atoms with Crippen LogP contribution in [0.1, 0.15) is 31.7 Å². The molecule has 2 N–H and O–H groups in total. The Kier molecular flexibility index (Phi) is 10.7. The first kappa shape index (κ1) is 23.7. The molecular weight excluding hydrogens is 455 g/mol. The van der Waals surface area contributed by atoms with Crippen molar-refractivity contribution < 1.29 is 9.53 Å². The number of aliphatic imine (C=N–C) groups is 1. The van der Waals surface area contributed by atoms with E-state index in [0.29, 0.717) is 17.8 Å². The molecular formula is C20H33IN4O2. The molecule has 3 unspecified atom stereocenters. The third-order valence-corrected chi connectivity index (χ3v) is 4.89. The van der Waals surface area contributed by atoms with Gasteiger partial charge in [0, 0.05) is 45.1 Å². The predicted molar refractivity (Wildman–Crippen MR) is 121 cm³/mol. The number of ether oxygens (including phenoxy) is 1. The maximum atomic E-state index is 11.9. The Bertz CT molecular complexity index is 589. The number of likely N-dealkylation sites (N-methyl/N-ethyl adjacent to an activating group) is 1. The number of nitrogens with zero attached hydrogens (tertiary/aromatic N) is 2. The molecule has 27 heavy (non-hydrogen) atoms. The highest BCUT2D eigenvalue weighted by atomic mass is 127. The van der Waals surface area contributed by atoms with Gasteiger partial charge in [-0.3, -0.25) is 4.79 Å². The second kappa shape index (κ2) is 12.2. The highest BCUT2D eigenvalue weighted by molar-refractivity contribution is 14.0. The molecule has 1 aromatic carbocycles. The molecule has 1 heterocycles. The monoisotopic (exact) mass is 488 g/mol. The fourth-order valence-electron chi connectivity index (χ4n) is 2.81. The van der Waals surface area contributed by atoms with Crippen LogP contribution in [0.4, 0.5) is 0 Å². The molecule has 1 saturated heterocycles. The van der Waals surface area contributed by atoms with E-state index in [4.69, 9.17) is 4.74 Å². The van der Waals surface area contributed by atoms with Crippen molar-refractivity contribution in [2.75, 3.05) is 40.4 Å². The second-order valence-corrected chi connectivity index (χ2v) is 7.20. The summed E-state index contributed by atoms with van der Waals surface area (Å²) in [5.41, 5.74) is 1.28. The first-order valence-electron chi connectivity index (χ1n) is 9.35. The Morgan fingerprint density at radius 1 is 1.30 bits per heavy atom. The highest BCUT2D eigenvalue weighted by Crippen LogP contribution is 2.18. The second-order valence-electron chi connectivity index (χ2n) is 7.20. The Morgan fingerprint density at radius 2 is 2.00 bits per heavy atom. The third-order valence-electron chi connectivity index (χ3n) is 4.89. The van der Waals surface area contributed by atoms with Crippen LogP contribution in [-0.4, -0.2) is 63.2 Å². The van der Waals surface area contributed by atoms with E-state index >= 15 is 0 Å². The van der Waals surface area contributed by atoms with E-state index in [1.807, 2.05) is 6.07 Å². The zero-order chi connectivity index (χ0) is 18.9. The van der Waals surface area contributed by atoms with Crippen LogP contribution < -0.4 is 10.6 Å². The van der Waals surface area contributed by atoms with E-state index in [0.717, 1.165) is 26.2 Å². The number of guanidine groups is 1. The van der Waals surface area contributed by atoms with Gasteiger partial charge >= 0.3 is 0 Å². The molecule has 2 rings (SSSR count). The number of hydrogen-bond acceptors (Lipinski definition) is 3. The largest absolute Gasteiger partial charge is 0.381 e. The predicted octanol–water partition coefficient (Wildman–Crippen LogP) is 2.46. The molecule has 0 spiro atoms. The Labute approximate surface area is 180 Å². The molecule has 1 fully saturated rings. The van der Waals surface area contributed by atoms with Gasteiger partial charge in [-0.25, -0.2) is 4.99 Å². The smallest absolute Gasteiger partial charge is 0.243 e. The number of carbonyl (C=O) groups excluding carboxylic acids is 1. The summed E-state index contributed by atoms with van der Waals surface area (Å²) in [7, 11) is 3.49. The van der Waals surface area contributed by atoms with Gasteiger partial charge < -0.3 is 20.3 Å². The molecule has 1 aliphatic rings. The summed E-state index contributed by atoms with van der Waals surface area (Å²) in [5, 5.41) is 6.84. The van der Waals surface area contributed by atoms with Gasteiger partial charge in [0.2, 0.25) is 5.91 Å². The van der Waals surface area contributed by atoms with E-state index in [9.17, 15) is 4.79 Å². The quantitative estimate of drug-likeness (QED) is 0.352. The van der Waals surface area contributed by atoms with E-state index in [-0.39, 0.29) is 42.5 Å². The molecule has 7 heteroatoms. The zero-order valence-electron chi connectivity index (χ0n) is 16.8. The number of nitrogens with one attached hydrogen (secondary N) is 2. The van der Waals surface area contributed by atoms with Gasteiger partial charge in [-0.15, -0.1) is 24.0 Å². The van der Waals surface area contributed by atoms with E-state index in [2.05, 4.69) is 53.7 Å². The van der Waals surface area contributed by atoms with Crippen LogP contribution in [0.3, 0.4) is 0 Å². The van der Waals surface area contributed by atoms with Crippen LogP contribution in [0.15, 0.2) is 35.3 Å². The minimum atomic E-state index is -0.0148. The molecule has 1 amide bonds. The van der Waals surface area contributed by atoms with E-state index in [1.54, 1.807) is 19.0 Å². The summed E-state index contributed by atoms with van der Waals surface area (Å²) in [4.78, 5) is 17.9. The molecule has 0 saturated carbocycles. The standard InChI is InChI=1S/C20H32N4O2.HI/c1-15(18-8-6-5-7-9-18)16(2)23-20(22-13-19(25)24(3)4)21-12-17-10-11-26-14-17;/h5-9,15-17H,10-14H2,1-4H3,(H2,21,22,23);1H. The number of amides is 1. The Morgan fingerprint density at radius 3 is 2.59 bits per heavy atom. The molecule has 6 nitrogen and oxygen atoms in total. The van der Waals surface area contributed by atoms with Crippen molar-refractivity contribution in [3.05, 3.63) is 35.9 Å². The zero-order valence-corrected chi connectivity index (χ0v) is 19.1. The molecule has 0 bridgehead atoms. The lowest BCUT2D eigenvalue weighted by molar-refractivity contribution is -0.127. The summed E-state index contributed by atoms with van der Waals surface area (Å²) < 4.78 is 5.44. The average Bonchev–Trinajstić information content (AvgIpc) is 3.17. The molecule has 0 aliphatic carbocycles. The van der Waals surface area contributed by atoms with Crippen LogP contribution in [0.25, 0.3) is 0 Å². The number of carbonyl (C=O) groups is 1. The molecule has 1 aromatic rings. The SMILES string of the molecule is CC(NC(=NCC(=O)N(C)C)NCC1CCOC1)C(C)c1ccccc1.I. The van der Waals surface area contributed by atoms with Crippen molar-refractivity contribution in [1.29, 1.82) is 0 Å². The summed E-state index contributed by atoms with van der Waals surface area (Å²) in [5.74, 6) is 1.48.